The quantitative estimate of drug-likeness (QED) is 0.853. The SMILES string of the molecule is Clc1c(OC2CCCC2)cnn1-c1ccccn1. The average Bonchev–Trinajstić information content (AvgIpc) is 3.03. The smallest absolute Gasteiger partial charge is 0.177 e. The van der Waals surface area contributed by atoms with Crippen molar-refractivity contribution in [2.45, 2.75) is 31.8 Å². The molecule has 94 valence electrons. The molecule has 5 heteroatoms. The summed E-state index contributed by atoms with van der Waals surface area (Å²) >= 11 is 6.27. The summed E-state index contributed by atoms with van der Waals surface area (Å²) in [5.41, 5.74) is 0. The minimum Gasteiger partial charge on any atom is -0.485 e. The van der Waals surface area contributed by atoms with E-state index < -0.39 is 0 Å². The third-order valence-corrected chi connectivity index (χ3v) is 3.49. The fourth-order valence-electron chi connectivity index (χ4n) is 2.22. The summed E-state index contributed by atoms with van der Waals surface area (Å²) in [6, 6.07) is 5.62. The van der Waals surface area contributed by atoms with E-state index in [2.05, 4.69) is 10.1 Å². The lowest BCUT2D eigenvalue weighted by Gasteiger charge is -2.11. The van der Waals surface area contributed by atoms with Crippen LogP contribution in [-0.2, 0) is 0 Å². The molecule has 0 bridgehead atoms. The highest BCUT2D eigenvalue weighted by Crippen LogP contribution is 2.30. The van der Waals surface area contributed by atoms with Crippen LogP contribution in [0.2, 0.25) is 5.15 Å². The Kier molecular flexibility index (Phi) is 3.19. The van der Waals surface area contributed by atoms with Crippen molar-refractivity contribution in [2.24, 2.45) is 0 Å². The van der Waals surface area contributed by atoms with Crippen LogP contribution in [0.1, 0.15) is 25.7 Å². The first kappa shape index (κ1) is 11.5. The van der Waals surface area contributed by atoms with Crippen molar-refractivity contribution in [3.05, 3.63) is 35.7 Å². The topological polar surface area (TPSA) is 39.9 Å². The molecule has 18 heavy (non-hydrogen) atoms. The van der Waals surface area contributed by atoms with E-state index in [4.69, 9.17) is 16.3 Å². The molecule has 0 atom stereocenters. The second-order valence-electron chi connectivity index (χ2n) is 4.42. The van der Waals surface area contributed by atoms with Gasteiger partial charge in [0.25, 0.3) is 0 Å². The zero-order chi connectivity index (χ0) is 12.4. The van der Waals surface area contributed by atoms with Crippen LogP contribution in [-0.4, -0.2) is 20.9 Å². The van der Waals surface area contributed by atoms with Gasteiger partial charge in [-0.3, -0.25) is 0 Å². The molecule has 0 saturated heterocycles. The highest BCUT2D eigenvalue weighted by Gasteiger charge is 2.20. The van der Waals surface area contributed by atoms with E-state index in [0.717, 1.165) is 12.8 Å². The van der Waals surface area contributed by atoms with Gasteiger partial charge >= 0.3 is 0 Å². The number of halogens is 1. The molecule has 0 unspecified atom stereocenters. The summed E-state index contributed by atoms with van der Waals surface area (Å²) in [7, 11) is 0. The largest absolute Gasteiger partial charge is 0.485 e. The van der Waals surface area contributed by atoms with E-state index in [-0.39, 0.29) is 6.10 Å². The van der Waals surface area contributed by atoms with Crippen molar-refractivity contribution < 1.29 is 4.74 Å². The minimum atomic E-state index is 0.281. The van der Waals surface area contributed by atoms with Crippen LogP contribution in [0.5, 0.6) is 5.75 Å². The van der Waals surface area contributed by atoms with Gasteiger partial charge in [-0.1, -0.05) is 17.7 Å². The number of pyridine rings is 1. The lowest BCUT2D eigenvalue weighted by atomic mass is 10.3. The number of hydrogen-bond acceptors (Lipinski definition) is 3. The van der Waals surface area contributed by atoms with E-state index in [1.165, 1.54) is 12.8 Å². The molecule has 0 N–H and O–H groups in total. The summed E-state index contributed by atoms with van der Waals surface area (Å²) < 4.78 is 7.45. The Labute approximate surface area is 111 Å². The van der Waals surface area contributed by atoms with Crippen molar-refractivity contribution in [1.29, 1.82) is 0 Å². The minimum absolute atomic E-state index is 0.281. The third-order valence-electron chi connectivity index (χ3n) is 3.14. The zero-order valence-corrected chi connectivity index (χ0v) is 10.7. The van der Waals surface area contributed by atoms with Crippen LogP contribution < -0.4 is 4.74 Å². The molecule has 4 nitrogen and oxygen atoms in total. The van der Waals surface area contributed by atoms with Gasteiger partial charge < -0.3 is 4.74 Å². The molecule has 2 heterocycles. The van der Waals surface area contributed by atoms with Gasteiger partial charge in [-0.05, 0) is 37.8 Å². The van der Waals surface area contributed by atoms with Crippen LogP contribution in [0.3, 0.4) is 0 Å². The first-order valence-corrected chi connectivity index (χ1v) is 6.54. The van der Waals surface area contributed by atoms with E-state index >= 15 is 0 Å². The maximum Gasteiger partial charge on any atom is 0.177 e. The summed E-state index contributed by atoms with van der Waals surface area (Å²) in [5, 5.41) is 4.71. The van der Waals surface area contributed by atoms with Crippen molar-refractivity contribution in [3.8, 4) is 11.6 Å². The lowest BCUT2D eigenvalue weighted by Crippen LogP contribution is -2.10. The molecule has 0 spiro atoms. The molecule has 2 aromatic heterocycles. The Morgan fingerprint density at radius 1 is 1.28 bits per heavy atom. The highest BCUT2D eigenvalue weighted by atomic mass is 35.5. The molecular weight excluding hydrogens is 250 g/mol. The van der Waals surface area contributed by atoms with Crippen LogP contribution >= 0.6 is 11.6 Å². The first-order valence-electron chi connectivity index (χ1n) is 6.16. The molecular formula is C13H14ClN3O. The van der Waals surface area contributed by atoms with Gasteiger partial charge in [0.1, 0.15) is 0 Å². The molecule has 0 radical (unpaired) electrons. The van der Waals surface area contributed by atoms with Gasteiger partial charge in [-0.15, -0.1) is 0 Å². The summed E-state index contributed by atoms with van der Waals surface area (Å²) in [4.78, 5) is 4.22. The Bertz CT molecular complexity index is 520. The van der Waals surface area contributed by atoms with Crippen molar-refractivity contribution in [2.75, 3.05) is 0 Å². The van der Waals surface area contributed by atoms with Gasteiger partial charge in [-0.25, -0.2) is 4.98 Å². The number of rotatable bonds is 3. The third kappa shape index (κ3) is 2.20. The zero-order valence-electron chi connectivity index (χ0n) is 9.92. The number of nitrogens with zero attached hydrogens (tertiary/aromatic N) is 3. The van der Waals surface area contributed by atoms with Crippen molar-refractivity contribution in [3.63, 3.8) is 0 Å². The van der Waals surface area contributed by atoms with Crippen molar-refractivity contribution in [1.82, 2.24) is 14.8 Å². The predicted octanol–water partition coefficient (Wildman–Crippen LogP) is 3.24. The molecule has 0 aliphatic heterocycles. The fourth-order valence-corrected chi connectivity index (χ4v) is 2.45. The van der Waals surface area contributed by atoms with Gasteiger partial charge in [0.2, 0.25) is 0 Å². The van der Waals surface area contributed by atoms with Crippen LogP contribution in [0, 0.1) is 0 Å². The molecule has 1 aliphatic rings. The van der Waals surface area contributed by atoms with E-state index in [1.807, 2.05) is 18.2 Å². The Hall–Kier alpha value is -1.55. The second-order valence-corrected chi connectivity index (χ2v) is 4.78. The molecule has 0 amide bonds. The van der Waals surface area contributed by atoms with E-state index in [1.54, 1.807) is 17.1 Å². The van der Waals surface area contributed by atoms with Crippen molar-refractivity contribution >= 4 is 11.6 Å². The number of ether oxygens (including phenoxy) is 1. The van der Waals surface area contributed by atoms with Crippen LogP contribution in [0.25, 0.3) is 5.82 Å². The lowest BCUT2D eigenvalue weighted by molar-refractivity contribution is 0.210. The normalized spacial score (nSPS) is 16.1. The molecule has 1 saturated carbocycles. The second kappa shape index (κ2) is 4.98. The van der Waals surface area contributed by atoms with Gasteiger partial charge in [0.05, 0.1) is 12.3 Å². The van der Waals surface area contributed by atoms with Crippen LogP contribution in [0.4, 0.5) is 0 Å². The monoisotopic (exact) mass is 263 g/mol. The Morgan fingerprint density at radius 3 is 2.83 bits per heavy atom. The standard InChI is InChI=1S/C13H14ClN3O/c14-13-11(18-10-5-1-2-6-10)9-16-17(13)12-7-3-4-8-15-12/h3-4,7-10H,1-2,5-6H2. The number of aromatic nitrogens is 3. The Morgan fingerprint density at radius 2 is 2.11 bits per heavy atom. The van der Waals surface area contributed by atoms with E-state index in [9.17, 15) is 0 Å². The summed E-state index contributed by atoms with van der Waals surface area (Å²) in [6.07, 6.45) is 8.33. The van der Waals surface area contributed by atoms with Gasteiger partial charge in [0.15, 0.2) is 16.7 Å². The maximum absolute atomic E-state index is 6.27. The predicted molar refractivity (Wildman–Crippen MR) is 69.3 cm³/mol. The highest BCUT2D eigenvalue weighted by molar-refractivity contribution is 6.31. The molecule has 1 fully saturated rings. The maximum atomic E-state index is 6.27. The molecule has 1 aliphatic carbocycles. The summed E-state index contributed by atoms with van der Waals surface area (Å²) in [6.45, 7) is 0. The van der Waals surface area contributed by atoms with E-state index in [0.29, 0.717) is 16.7 Å². The average molecular weight is 264 g/mol. The van der Waals surface area contributed by atoms with Gasteiger partial charge in [0, 0.05) is 6.20 Å². The fraction of sp³-hybridized carbons (Fsp3) is 0.385. The van der Waals surface area contributed by atoms with Gasteiger partial charge in [-0.2, -0.15) is 9.78 Å². The first-order chi connectivity index (χ1) is 8.84. The molecule has 0 aromatic carbocycles. The Balaban J connectivity index is 1.83. The molecule has 3 rings (SSSR count). The number of hydrogen-bond donors (Lipinski definition) is 0. The van der Waals surface area contributed by atoms with Crippen LogP contribution in [0.15, 0.2) is 30.6 Å². The molecule has 2 aromatic rings. The summed E-state index contributed by atoms with van der Waals surface area (Å²) in [5.74, 6) is 1.35.